The highest BCUT2D eigenvalue weighted by Crippen LogP contribution is 2.29. The Morgan fingerprint density at radius 1 is 0.575 bits per heavy atom. The fraction of sp³-hybridized carbons (Fsp3) is 0.943. The smallest absolute Gasteiger partial charge is 0.164 e. The van der Waals surface area contributed by atoms with E-state index in [1.165, 1.54) is 122 Å². The van der Waals surface area contributed by atoms with Crippen LogP contribution in [0.2, 0.25) is 0 Å². The monoisotopic (exact) mass is 585 g/mol. The highest BCUT2D eigenvalue weighted by atomic mass is 31.1. The lowest BCUT2D eigenvalue weighted by atomic mass is 9.93. The normalized spacial score (nSPS) is 13.8. The van der Waals surface area contributed by atoms with E-state index < -0.39 is 11.8 Å². The van der Waals surface area contributed by atoms with Gasteiger partial charge in [-0.1, -0.05) is 155 Å². The summed E-state index contributed by atoms with van der Waals surface area (Å²) in [5.74, 6) is -1.01. The van der Waals surface area contributed by atoms with Gasteiger partial charge in [0.2, 0.25) is 0 Å². The molecular weight excluding hydrogens is 513 g/mol. The van der Waals surface area contributed by atoms with E-state index in [0.717, 1.165) is 25.7 Å². The number of hydrogen-bond donors (Lipinski definition) is 1. The van der Waals surface area contributed by atoms with Crippen LogP contribution in [0.1, 0.15) is 174 Å². The van der Waals surface area contributed by atoms with Crippen molar-refractivity contribution in [1.82, 2.24) is 0 Å². The van der Waals surface area contributed by atoms with Gasteiger partial charge in [0.15, 0.2) is 5.52 Å². The van der Waals surface area contributed by atoms with Crippen LogP contribution in [-0.2, 0) is 9.59 Å². The Bertz CT molecular complexity index is 590. The van der Waals surface area contributed by atoms with E-state index in [1.54, 1.807) is 0 Å². The molecule has 0 aromatic rings. The van der Waals surface area contributed by atoms with Gasteiger partial charge in [0.25, 0.3) is 0 Å². The zero-order valence-corrected chi connectivity index (χ0v) is 28.8. The summed E-state index contributed by atoms with van der Waals surface area (Å²) in [6.45, 7) is 5.07. The number of likely N-dealkylation sites (N-methyl/N-ethyl adjacent to an activating group) is 1. The van der Waals surface area contributed by atoms with Gasteiger partial charge in [0.1, 0.15) is 18.2 Å². The van der Waals surface area contributed by atoms with Crippen LogP contribution >= 0.6 is 8.58 Å². The third-order valence-corrected chi connectivity index (χ3v) is 9.26. The number of hydrogen-bond acceptors (Lipinski definition) is 3. The average molecular weight is 585 g/mol. The van der Waals surface area contributed by atoms with Crippen molar-refractivity contribution in [3.63, 3.8) is 0 Å². The van der Waals surface area contributed by atoms with Gasteiger partial charge in [-0.25, -0.2) is 0 Å². The molecule has 0 aliphatic heterocycles. The summed E-state index contributed by atoms with van der Waals surface area (Å²) in [5.41, 5.74) is -0.00318. The number of Topliss-reactive ketones (excluding diaryl/α,β-unsaturated/α-hetero) is 1. The quantitative estimate of drug-likeness (QED) is 0.0382. The van der Waals surface area contributed by atoms with Crippen molar-refractivity contribution in [1.29, 1.82) is 0 Å². The van der Waals surface area contributed by atoms with Crippen molar-refractivity contribution in [2.75, 3.05) is 27.7 Å². The molecular formula is C35H71NO3P+. The summed E-state index contributed by atoms with van der Waals surface area (Å²) in [5, 5.41) is 10.5. The van der Waals surface area contributed by atoms with Gasteiger partial charge in [-0.2, -0.15) is 0 Å². The first-order chi connectivity index (χ1) is 19.2. The molecule has 5 heteroatoms. The van der Waals surface area contributed by atoms with E-state index in [-0.39, 0.29) is 19.9 Å². The number of carbonyl (C=O) groups is 2. The molecule has 0 heterocycles. The van der Waals surface area contributed by atoms with Crippen molar-refractivity contribution < 1.29 is 19.2 Å². The van der Waals surface area contributed by atoms with Gasteiger partial charge in [0, 0.05) is 6.42 Å². The number of rotatable bonds is 31. The number of carbonyl (C=O) groups excluding carboxylic acids is 2. The molecule has 0 fully saturated rings. The molecule has 0 bridgehead atoms. The standard InChI is InChI=1S/C35H71NO3P/c1-6-8-10-12-14-16-18-19-20-22-24-26-28-30-33(37)32(35(39)40-34(38)31-36(3,4)5)29-27-25-23-21-17-15-13-11-9-7-2/h32,34,38,40H,6-31H2,1-5H3/q+1. The van der Waals surface area contributed by atoms with Gasteiger partial charge in [0.05, 0.1) is 27.1 Å². The first kappa shape index (κ1) is 39.7. The largest absolute Gasteiger partial charge is 0.383 e. The number of nitrogens with zero attached hydrogens (tertiary/aromatic N) is 1. The third kappa shape index (κ3) is 26.6. The molecule has 4 nitrogen and oxygen atoms in total. The van der Waals surface area contributed by atoms with E-state index in [0.29, 0.717) is 23.9 Å². The highest BCUT2D eigenvalue weighted by Gasteiger charge is 2.28. The number of ketones is 1. The summed E-state index contributed by atoms with van der Waals surface area (Å²) >= 11 is 0. The maximum absolute atomic E-state index is 13.1. The minimum absolute atomic E-state index is 0.00318. The van der Waals surface area contributed by atoms with Gasteiger partial charge in [-0.15, -0.1) is 0 Å². The van der Waals surface area contributed by atoms with Gasteiger partial charge in [-0.05, 0) is 21.4 Å². The van der Waals surface area contributed by atoms with Crippen LogP contribution in [0, 0.1) is 5.92 Å². The molecule has 0 rings (SSSR count). The third-order valence-electron chi connectivity index (χ3n) is 8.11. The van der Waals surface area contributed by atoms with Crippen molar-refractivity contribution in [2.24, 2.45) is 5.92 Å². The van der Waals surface area contributed by atoms with Crippen molar-refractivity contribution in [3.05, 3.63) is 0 Å². The summed E-state index contributed by atoms with van der Waals surface area (Å²) in [6, 6.07) is 0. The van der Waals surface area contributed by atoms with Gasteiger partial charge >= 0.3 is 0 Å². The molecule has 0 aliphatic rings. The average Bonchev–Trinajstić information content (AvgIpc) is 2.88. The molecule has 1 N–H and O–H groups in total. The zero-order valence-electron chi connectivity index (χ0n) is 27.8. The predicted molar refractivity (Wildman–Crippen MR) is 177 cm³/mol. The minimum Gasteiger partial charge on any atom is -0.383 e. The first-order valence-electron chi connectivity index (χ1n) is 17.5. The Morgan fingerprint density at radius 2 is 0.925 bits per heavy atom. The summed E-state index contributed by atoms with van der Waals surface area (Å²) in [6.07, 6.45) is 30.5. The molecule has 0 spiro atoms. The molecule has 40 heavy (non-hydrogen) atoms. The second-order valence-electron chi connectivity index (χ2n) is 13.5. The van der Waals surface area contributed by atoms with Crippen LogP contribution in [-0.4, -0.2) is 54.4 Å². The van der Waals surface area contributed by atoms with Crippen molar-refractivity contribution in [2.45, 2.75) is 180 Å². The Labute approximate surface area is 252 Å². The fourth-order valence-electron chi connectivity index (χ4n) is 5.59. The molecule has 238 valence electrons. The Morgan fingerprint density at radius 3 is 1.30 bits per heavy atom. The van der Waals surface area contributed by atoms with Crippen molar-refractivity contribution >= 4 is 19.9 Å². The van der Waals surface area contributed by atoms with E-state index in [9.17, 15) is 14.7 Å². The Hall–Kier alpha value is -0.310. The van der Waals surface area contributed by atoms with Crippen LogP contribution in [0.4, 0.5) is 0 Å². The number of aliphatic hydroxyl groups is 1. The van der Waals surface area contributed by atoms with E-state index in [4.69, 9.17) is 0 Å². The van der Waals surface area contributed by atoms with Crippen LogP contribution in [0.25, 0.3) is 0 Å². The molecule has 3 atom stereocenters. The van der Waals surface area contributed by atoms with E-state index in [1.807, 2.05) is 21.1 Å². The summed E-state index contributed by atoms with van der Waals surface area (Å²) < 4.78 is 0.622. The molecule has 0 aliphatic carbocycles. The van der Waals surface area contributed by atoms with Gasteiger partial charge in [-0.3, -0.25) is 9.59 Å². The lowest BCUT2D eigenvalue weighted by Gasteiger charge is -2.27. The second-order valence-corrected chi connectivity index (χ2v) is 14.9. The van der Waals surface area contributed by atoms with E-state index >= 15 is 0 Å². The van der Waals surface area contributed by atoms with Crippen LogP contribution in [0.5, 0.6) is 0 Å². The van der Waals surface area contributed by atoms with Crippen molar-refractivity contribution in [3.8, 4) is 0 Å². The summed E-state index contributed by atoms with van der Waals surface area (Å²) in [7, 11) is 5.90. The maximum Gasteiger partial charge on any atom is 0.164 e. The fourth-order valence-corrected chi connectivity index (χ4v) is 7.07. The Kier molecular flexibility index (Phi) is 27.3. The molecule has 3 unspecified atom stereocenters. The van der Waals surface area contributed by atoms with E-state index in [2.05, 4.69) is 13.8 Å². The maximum atomic E-state index is 13.1. The van der Waals surface area contributed by atoms with Crippen LogP contribution < -0.4 is 0 Å². The molecule has 0 radical (unpaired) electrons. The number of aliphatic hydroxyl groups excluding tert-OH is 1. The molecule has 0 amide bonds. The highest BCUT2D eigenvalue weighted by molar-refractivity contribution is 7.58. The SMILES string of the molecule is CCCCCCCCCCCCCCCC(=O)C(CCCCCCCCCCCC)C(=O)PC(O)C[N+](C)(C)C. The topological polar surface area (TPSA) is 54.4 Å². The second kappa shape index (κ2) is 27.5. The summed E-state index contributed by atoms with van der Waals surface area (Å²) in [4.78, 5) is 26.3. The molecule has 0 saturated carbocycles. The van der Waals surface area contributed by atoms with Crippen LogP contribution in [0.3, 0.4) is 0 Å². The van der Waals surface area contributed by atoms with Crippen LogP contribution in [0.15, 0.2) is 0 Å². The molecule has 0 saturated heterocycles. The number of unbranched alkanes of at least 4 members (excludes halogenated alkanes) is 21. The predicted octanol–water partition coefficient (Wildman–Crippen LogP) is 10.2. The number of quaternary nitrogens is 1. The zero-order chi connectivity index (χ0) is 29.9. The molecule has 0 aromatic carbocycles. The minimum atomic E-state index is -0.646. The lowest BCUT2D eigenvalue weighted by Crippen LogP contribution is -2.40. The van der Waals surface area contributed by atoms with Gasteiger partial charge < -0.3 is 9.59 Å². The lowest BCUT2D eigenvalue weighted by molar-refractivity contribution is -0.871. The first-order valence-corrected chi connectivity index (χ1v) is 18.6. The Balaban J connectivity index is 4.29. The molecule has 0 aromatic heterocycles.